The average molecular weight is 266 g/mol. The second-order valence-corrected chi connectivity index (χ2v) is 5.77. The van der Waals surface area contributed by atoms with E-state index in [1.807, 2.05) is 11.9 Å². The van der Waals surface area contributed by atoms with E-state index in [4.69, 9.17) is 4.74 Å². The lowest BCUT2D eigenvalue weighted by Crippen LogP contribution is -2.42. The van der Waals surface area contributed by atoms with Crippen LogP contribution in [0.5, 0.6) is 0 Å². The van der Waals surface area contributed by atoms with Crippen LogP contribution < -0.4 is 5.32 Å². The minimum atomic E-state index is 0.0704. The Balaban J connectivity index is 1.65. The van der Waals surface area contributed by atoms with Crippen LogP contribution in [0.15, 0.2) is 12.2 Å². The van der Waals surface area contributed by atoms with Gasteiger partial charge in [0, 0.05) is 33.4 Å². The number of urea groups is 1. The molecule has 2 aliphatic rings. The Bertz CT molecular complexity index is 311. The number of nitrogens with one attached hydrogen (secondary N) is 1. The molecule has 1 N–H and O–H groups in total. The molecule has 1 atom stereocenters. The highest BCUT2D eigenvalue weighted by molar-refractivity contribution is 5.73. The summed E-state index contributed by atoms with van der Waals surface area (Å²) in [6, 6.07) is 0.0704. The Kier molecular flexibility index (Phi) is 5.70. The molecule has 0 bridgehead atoms. The summed E-state index contributed by atoms with van der Waals surface area (Å²) in [7, 11) is 1.89. The first kappa shape index (κ1) is 14.4. The molecule has 1 fully saturated rings. The van der Waals surface area contributed by atoms with Crippen molar-refractivity contribution in [2.24, 2.45) is 11.8 Å². The zero-order valence-electron chi connectivity index (χ0n) is 11.9. The fourth-order valence-electron chi connectivity index (χ4n) is 2.81. The number of nitrogens with zero attached hydrogens (tertiary/aromatic N) is 1. The highest BCUT2D eigenvalue weighted by Crippen LogP contribution is 2.17. The van der Waals surface area contributed by atoms with Gasteiger partial charge in [-0.1, -0.05) is 12.2 Å². The Hall–Kier alpha value is -1.03. The van der Waals surface area contributed by atoms with Gasteiger partial charge >= 0.3 is 6.03 Å². The van der Waals surface area contributed by atoms with Crippen molar-refractivity contribution in [1.29, 1.82) is 0 Å². The number of rotatable bonds is 4. The van der Waals surface area contributed by atoms with Gasteiger partial charge in [-0.15, -0.1) is 0 Å². The van der Waals surface area contributed by atoms with Crippen LogP contribution in [0.3, 0.4) is 0 Å². The fraction of sp³-hybridized carbons (Fsp3) is 0.800. The normalized spacial score (nSPS) is 24.2. The molecule has 4 heteroatoms. The molecule has 108 valence electrons. The van der Waals surface area contributed by atoms with Gasteiger partial charge in [0.2, 0.25) is 0 Å². The molecule has 19 heavy (non-hydrogen) atoms. The van der Waals surface area contributed by atoms with Crippen LogP contribution in [-0.4, -0.2) is 44.3 Å². The van der Waals surface area contributed by atoms with E-state index in [-0.39, 0.29) is 6.03 Å². The maximum absolute atomic E-state index is 12.0. The molecule has 1 aliphatic heterocycles. The van der Waals surface area contributed by atoms with E-state index in [9.17, 15) is 4.79 Å². The molecule has 0 spiro atoms. The molecular weight excluding hydrogens is 240 g/mol. The highest BCUT2D eigenvalue weighted by Gasteiger charge is 2.19. The fourth-order valence-corrected chi connectivity index (χ4v) is 2.81. The van der Waals surface area contributed by atoms with Crippen molar-refractivity contribution in [1.82, 2.24) is 10.2 Å². The summed E-state index contributed by atoms with van der Waals surface area (Å²) >= 11 is 0. The van der Waals surface area contributed by atoms with Crippen molar-refractivity contribution in [2.45, 2.75) is 32.1 Å². The zero-order chi connectivity index (χ0) is 13.5. The van der Waals surface area contributed by atoms with Crippen molar-refractivity contribution >= 4 is 6.03 Å². The Labute approximate surface area is 116 Å². The van der Waals surface area contributed by atoms with Gasteiger partial charge in [-0.25, -0.2) is 4.79 Å². The lowest BCUT2D eigenvalue weighted by molar-refractivity contribution is 0.0586. The van der Waals surface area contributed by atoms with E-state index in [0.717, 1.165) is 52.0 Å². The van der Waals surface area contributed by atoms with Gasteiger partial charge in [0.1, 0.15) is 0 Å². The quantitative estimate of drug-likeness (QED) is 0.794. The van der Waals surface area contributed by atoms with Crippen LogP contribution in [0.25, 0.3) is 0 Å². The second-order valence-electron chi connectivity index (χ2n) is 5.77. The van der Waals surface area contributed by atoms with Gasteiger partial charge in [-0.05, 0) is 43.9 Å². The number of carbonyl (C=O) groups is 1. The molecule has 1 heterocycles. The monoisotopic (exact) mass is 266 g/mol. The number of amides is 2. The number of ether oxygens (including phenoxy) is 1. The third-order valence-corrected chi connectivity index (χ3v) is 4.14. The van der Waals surface area contributed by atoms with Crippen molar-refractivity contribution < 1.29 is 9.53 Å². The second kappa shape index (κ2) is 7.53. The first-order valence-electron chi connectivity index (χ1n) is 7.47. The summed E-state index contributed by atoms with van der Waals surface area (Å²) < 4.78 is 5.34. The standard InChI is InChI=1S/C15H26N2O2/c1-17(12-14-7-9-19-10-8-14)15(18)16-11-13-5-3-2-4-6-13/h2-3,13-14H,4-12H2,1H3,(H,16,18)/t13-/m0/s1. The van der Waals surface area contributed by atoms with Crippen molar-refractivity contribution in [3.8, 4) is 0 Å². The lowest BCUT2D eigenvalue weighted by Gasteiger charge is -2.28. The van der Waals surface area contributed by atoms with Gasteiger partial charge in [-0.2, -0.15) is 0 Å². The van der Waals surface area contributed by atoms with Gasteiger partial charge in [-0.3, -0.25) is 0 Å². The molecule has 0 radical (unpaired) electrons. The van der Waals surface area contributed by atoms with Crippen molar-refractivity contribution in [2.75, 3.05) is 33.4 Å². The molecule has 1 saturated heterocycles. The maximum Gasteiger partial charge on any atom is 0.317 e. The van der Waals surface area contributed by atoms with E-state index < -0.39 is 0 Å². The SMILES string of the molecule is CN(CC1CCOCC1)C(=O)NC[C@H]1CC=CCC1. The summed E-state index contributed by atoms with van der Waals surface area (Å²) in [6.07, 6.45) is 10.1. The van der Waals surface area contributed by atoms with Crippen LogP contribution in [0, 0.1) is 11.8 Å². The molecule has 0 saturated carbocycles. The predicted molar refractivity (Wildman–Crippen MR) is 76.1 cm³/mol. The molecule has 2 rings (SSSR count). The van der Waals surface area contributed by atoms with Crippen molar-refractivity contribution in [3.05, 3.63) is 12.2 Å². The summed E-state index contributed by atoms with van der Waals surface area (Å²) in [5, 5.41) is 3.06. The molecule has 0 aromatic rings. The molecule has 1 aliphatic carbocycles. The average Bonchev–Trinajstić information content (AvgIpc) is 2.47. The lowest BCUT2D eigenvalue weighted by atomic mass is 9.94. The van der Waals surface area contributed by atoms with Gasteiger partial charge in [0.05, 0.1) is 0 Å². The third kappa shape index (κ3) is 4.86. The van der Waals surface area contributed by atoms with Crippen molar-refractivity contribution in [3.63, 3.8) is 0 Å². The Morgan fingerprint density at radius 2 is 2.05 bits per heavy atom. The van der Waals surface area contributed by atoms with Gasteiger partial charge < -0.3 is 15.0 Å². The minimum absolute atomic E-state index is 0.0704. The number of allylic oxidation sites excluding steroid dienone is 2. The smallest absolute Gasteiger partial charge is 0.317 e. The molecular formula is C15H26N2O2. The third-order valence-electron chi connectivity index (χ3n) is 4.14. The summed E-state index contributed by atoms with van der Waals surface area (Å²) in [5.74, 6) is 1.22. The van der Waals surface area contributed by atoms with Crippen LogP contribution in [0.4, 0.5) is 4.79 Å². The molecule has 0 unspecified atom stereocenters. The van der Waals surface area contributed by atoms with E-state index in [0.29, 0.717) is 11.8 Å². The zero-order valence-corrected chi connectivity index (χ0v) is 11.9. The highest BCUT2D eigenvalue weighted by atomic mass is 16.5. The number of hydrogen-bond donors (Lipinski definition) is 1. The van der Waals surface area contributed by atoms with E-state index in [1.54, 1.807) is 0 Å². The van der Waals surface area contributed by atoms with Gasteiger partial charge in [0.15, 0.2) is 0 Å². The number of carbonyl (C=O) groups excluding carboxylic acids is 1. The van der Waals surface area contributed by atoms with Crippen LogP contribution in [0.2, 0.25) is 0 Å². The molecule has 0 aromatic heterocycles. The Morgan fingerprint density at radius 3 is 2.74 bits per heavy atom. The van der Waals surface area contributed by atoms with Crippen LogP contribution >= 0.6 is 0 Å². The maximum atomic E-state index is 12.0. The summed E-state index contributed by atoms with van der Waals surface area (Å²) in [5.41, 5.74) is 0. The molecule has 4 nitrogen and oxygen atoms in total. The van der Waals surface area contributed by atoms with Crippen LogP contribution in [-0.2, 0) is 4.74 Å². The topological polar surface area (TPSA) is 41.6 Å². The first-order chi connectivity index (χ1) is 9.25. The predicted octanol–water partition coefficient (Wildman–Crippen LogP) is 2.41. The van der Waals surface area contributed by atoms with Crippen LogP contribution in [0.1, 0.15) is 32.1 Å². The summed E-state index contributed by atoms with van der Waals surface area (Å²) in [4.78, 5) is 13.9. The Morgan fingerprint density at radius 1 is 1.26 bits per heavy atom. The molecule has 2 amide bonds. The largest absolute Gasteiger partial charge is 0.381 e. The van der Waals surface area contributed by atoms with Gasteiger partial charge in [0.25, 0.3) is 0 Å². The van der Waals surface area contributed by atoms with E-state index >= 15 is 0 Å². The van der Waals surface area contributed by atoms with E-state index in [1.165, 1.54) is 6.42 Å². The molecule has 0 aromatic carbocycles. The summed E-state index contributed by atoms with van der Waals surface area (Å²) in [6.45, 7) is 3.34. The first-order valence-corrected chi connectivity index (χ1v) is 7.47. The van der Waals surface area contributed by atoms with E-state index in [2.05, 4.69) is 17.5 Å². The number of hydrogen-bond acceptors (Lipinski definition) is 2. The minimum Gasteiger partial charge on any atom is -0.381 e.